The largest absolute Gasteiger partial charge is 0.370 e. The Kier molecular flexibility index (Phi) is 2.54. The van der Waals surface area contributed by atoms with E-state index in [1.54, 1.807) is 0 Å². The minimum Gasteiger partial charge on any atom is -0.370 e. The van der Waals surface area contributed by atoms with Gasteiger partial charge in [0.1, 0.15) is 0 Å². The van der Waals surface area contributed by atoms with Crippen molar-refractivity contribution in [3.05, 3.63) is 0 Å². The van der Waals surface area contributed by atoms with Crippen molar-refractivity contribution in [3.63, 3.8) is 0 Å². The maximum Gasteiger partial charge on any atom is 0.225 e. The highest BCUT2D eigenvalue weighted by molar-refractivity contribution is 5.87. The van der Waals surface area contributed by atoms with Gasteiger partial charge in [-0.2, -0.15) is 0 Å². The summed E-state index contributed by atoms with van der Waals surface area (Å²) in [6.07, 6.45) is 2.81. The minimum atomic E-state index is -0.137. The Hall–Kier alpha value is -1.26. The zero-order chi connectivity index (χ0) is 12.9. The van der Waals surface area contributed by atoms with E-state index < -0.39 is 0 Å². The lowest BCUT2D eigenvalue weighted by Gasteiger charge is -2.40. The first-order chi connectivity index (χ1) is 8.54. The van der Waals surface area contributed by atoms with Crippen molar-refractivity contribution in [2.24, 2.45) is 16.6 Å². The summed E-state index contributed by atoms with van der Waals surface area (Å²) in [5.41, 5.74) is 5.92. The molecule has 0 aromatic heterocycles. The molecule has 5 heteroatoms. The van der Waals surface area contributed by atoms with E-state index in [2.05, 4.69) is 28.6 Å². The smallest absolute Gasteiger partial charge is 0.225 e. The number of nitrogens with two attached hydrogens (primary N) is 1. The van der Waals surface area contributed by atoms with E-state index in [4.69, 9.17) is 5.73 Å². The van der Waals surface area contributed by atoms with Crippen LogP contribution in [0.3, 0.4) is 0 Å². The highest BCUT2D eigenvalue weighted by Gasteiger charge is 2.58. The first-order valence-corrected chi connectivity index (χ1v) is 6.91. The fourth-order valence-electron chi connectivity index (χ4n) is 3.80. The third-order valence-electron chi connectivity index (χ3n) is 4.53. The molecule has 3 aliphatic heterocycles. The molecule has 18 heavy (non-hydrogen) atoms. The molecule has 2 saturated heterocycles. The highest BCUT2D eigenvalue weighted by Crippen LogP contribution is 2.43. The van der Waals surface area contributed by atoms with E-state index in [-0.39, 0.29) is 11.4 Å². The molecule has 0 radical (unpaired) electrons. The van der Waals surface area contributed by atoms with Gasteiger partial charge >= 0.3 is 0 Å². The Labute approximate surface area is 108 Å². The molecule has 2 fully saturated rings. The molecular weight excluding hydrogens is 228 g/mol. The number of fused-ring (bicyclic) bond motifs is 2. The van der Waals surface area contributed by atoms with Gasteiger partial charge in [-0.05, 0) is 18.8 Å². The molecule has 0 aliphatic carbocycles. The van der Waals surface area contributed by atoms with Crippen molar-refractivity contribution in [2.75, 3.05) is 19.6 Å². The minimum absolute atomic E-state index is 0.137. The van der Waals surface area contributed by atoms with Gasteiger partial charge in [-0.25, -0.2) is 0 Å². The second-order valence-electron chi connectivity index (χ2n) is 6.20. The van der Waals surface area contributed by atoms with Gasteiger partial charge < -0.3 is 15.5 Å². The molecule has 0 aromatic carbocycles. The lowest BCUT2D eigenvalue weighted by atomic mass is 9.87. The van der Waals surface area contributed by atoms with Gasteiger partial charge in [-0.15, -0.1) is 0 Å². The summed E-state index contributed by atoms with van der Waals surface area (Å²) < 4.78 is 0. The van der Waals surface area contributed by atoms with E-state index in [0.717, 1.165) is 25.9 Å². The molecule has 0 saturated carbocycles. The summed E-state index contributed by atoms with van der Waals surface area (Å²) in [6.45, 7) is 6.87. The van der Waals surface area contributed by atoms with Crippen molar-refractivity contribution < 1.29 is 4.79 Å². The Morgan fingerprint density at radius 2 is 2.33 bits per heavy atom. The van der Waals surface area contributed by atoms with E-state index in [9.17, 15) is 4.79 Å². The molecular formula is C13H22N4O. The van der Waals surface area contributed by atoms with E-state index in [1.165, 1.54) is 0 Å². The molecule has 3 rings (SSSR count). The van der Waals surface area contributed by atoms with Gasteiger partial charge in [0.25, 0.3) is 0 Å². The van der Waals surface area contributed by atoms with Gasteiger partial charge in [0.2, 0.25) is 5.91 Å². The van der Waals surface area contributed by atoms with Gasteiger partial charge in [0.15, 0.2) is 5.96 Å². The number of aliphatic imine (C=N–C) groups is 1. The van der Waals surface area contributed by atoms with Crippen LogP contribution in [0.15, 0.2) is 4.99 Å². The molecule has 1 spiro atoms. The van der Waals surface area contributed by atoms with Gasteiger partial charge in [-0.3, -0.25) is 9.79 Å². The second kappa shape index (κ2) is 3.87. The number of guanidine groups is 1. The SMILES string of the molecule is CC(C)CN1C(N)=NCC12CC(=O)N1CCCC12. The zero-order valence-electron chi connectivity index (χ0n) is 11.2. The van der Waals surface area contributed by atoms with Crippen molar-refractivity contribution in [1.82, 2.24) is 9.80 Å². The zero-order valence-corrected chi connectivity index (χ0v) is 11.2. The number of hydrogen-bond donors (Lipinski definition) is 1. The summed E-state index contributed by atoms with van der Waals surface area (Å²) in [5, 5.41) is 0. The fourth-order valence-corrected chi connectivity index (χ4v) is 3.80. The Morgan fingerprint density at radius 1 is 1.56 bits per heavy atom. The van der Waals surface area contributed by atoms with Crippen LogP contribution in [0, 0.1) is 5.92 Å². The number of amides is 1. The average molecular weight is 250 g/mol. The van der Waals surface area contributed by atoms with Crippen molar-refractivity contribution in [2.45, 2.75) is 44.7 Å². The predicted octanol–water partition coefficient (Wildman–Crippen LogP) is 0.406. The van der Waals surface area contributed by atoms with Crippen LogP contribution in [0.25, 0.3) is 0 Å². The molecule has 3 aliphatic rings. The molecule has 2 unspecified atom stereocenters. The van der Waals surface area contributed by atoms with Crippen LogP contribution in [-0.4, -0.2) is 52.9 Å². The summed E-state index contributed by atoms with van der Waals surface area (Å²) in [5.74, 6) is 1.45. The molecule has 0 aromatic rings. The van der Waals surface area contributed by atoms with Crippen LogP contribution in [0.5, 0.6) is 0 Å². The lowest BCUT2D eigenvalue weighted by Crippen LogP contribution is -2.58. The maximum absolute atomic E-state index is 12.2. The molecule has 0 bridgehead atoms. The van der Waals surface area contributed by atoms with Gasteiger partial charge in [0.05, 0.1) is 24.5 Å². The van der Waals surface area contributed by atoms with Gasteiger partial charge in [-0.1, -0.05) is 13.8 Å². The van der Waals surface area contributed by atoms with Crippen LogP contribution in [0.2, 0.25) is 0 Å². The Bertz CT molecular complexity index is 406. The topological polar surface area (TPSA) is 61.9 Å². The van der Waals surface area contributed by atoms with Crippen molar-refractivity contribution in [1.29, 1.82) is 0 Å². The number of carbonyl (C=O) groups is 1. The van der Waals surface area contributed by atoms with E-state index >= 15 is 0 Å². The lowest BCUT2D eigenvalue weighted by molar-refractivity contribution is -0.127. The second-order valence-corrected chi connectivity index (χ2v) is 6.20. The maximum atomic E-state index is 12.2. The first-order valence-electron chi connectivity index (χ1n) is 6.91. The summed E-state index contributed by atoms with van der Waals surface area (Å²) >= 11 is 0. The number of carbonyl (C=O) groups excluding carboxylic acids is 1. The highest BCUT2D eigenvalue weighted by atomic mass is 16.2. The van der Waals surface area contributed by atoms with Gasteiger partial charge in [0, 0.05) is 13.1 Å². The summed E-state index contributed by atoms with van der Waals surface area (Å²) in [6, 6.07) is 0.327. The normalized spacial score (nSPS) is 34.9. The quantitative estimate of drug-likeness (QED) is 0.772. The first kappa shape index (κ1) is 11.8. The molecule has 2 atom stereocenters. The van der Waals surface area contributed by atoms with Crippen LogP contribution < -0.4 is 5.73 Å². The molecule has 2 N–H and O–H groups in total. The average Bonchev–Trinajstić information content (AvgIpc) is 2.94. The Morgan fingerprint density at radius 3 is 3.06 bits per heavy atom. The Balaban J connectivity index is 1.92. The standard InChI is InChI=1S/C13H22N4O/c1-9(2)7-17-12(14)15-8-13(17)6-11(18)16-5-3-4-10(13)16/h9-10H,3-8H2,1-2H3,(H2,14,15). The molecule has 1 amide bonds. The van der Waals surface area contributed by atoms with Crippen molar-refractivity contribution >= 4 is 11.9 Å². The third-order valence-corrected chi connectivity index (χ3v) is 4.53. The van der Waals surface area contributed by atoms with Crippen LogP contribution in [0.1, 0.15) is 33.1 Å². The van der Waals surface area contributed by atoms with Crippen LogP contribution >= 0.6 is 0 Å². The van der Waals surface area contributed by atoms with E-state index in [1.807, 2.05) is 0 Å². The molecule has 5 nitrogen and oxygen atoms in total. The number of rotatable bonds is 2. The summed E-state index contributed by atoms with van der Waals surface area (Å²) in [4.78, 5) is 20.9. The monoisotopic (exact) mass is 250 g/mol. The summed E-state index contributed by atoms with van der Waals surface area (Å²) in [7, 11) is 0. The molecule has 3 heterocycles. The number of hydrogen-bond acceptors (Lipinski definition) is 4. The third kappa shape index (κ3) is 1.45. The van der Waals surface area contributed by atoms with Crippen molar-refractivity contribution in [3.8, 4) is 0 Å². The molecule has 100 valence electrons. The predicted molar refractivity (Wildman–Crippen MR) is 70.1 cm³/mol. The fraction of sp³-hybridized carbons (Fsp3) is 0.846. The van der Waals surface area contributed by atoms with Crippen LogP contribution in [0.4, 0.5) is 0 Å². The number of nitrogens with zero attached hydrogens (tertiary/aromatic N) is 3. The van der Waals surface area contributed by atoms with E-state index in [0.29, 0.717) is 30.9 Å². The van der Waals surface area contributed by atoms with Crippen LogP contribution in [-0.2, 0) is 4.79 Å².